The zero-order valence-corrected chi connectivity index (χ0v) is 20.4. The van der Waals surface area contributed by atoms with Crippen LogP contribution in [0.2, 0.25) is 0 Å². The third-order valence-corrected chi connectivity index (χ3v) is 7.26. The van der Waals surface area contributed by atoms with Gasteiger partial charge in [0.05, 0.1) is 23.6 Å². The van der Waals surface area contributed by atoms with E-state index in [4.69, 9.17) is 44.6 Å². The van der Waals surface area contributed by atoms with Crippen molar-refractivity contribution in [3.05, 3.63) is 69.5 Å². The molecule has 2 aromatic rings. The number of hydrogen-bond acceptors (Lipinski definition) is 6. The van der Waals surface area contributed by atoms with Gasteiger partial charge in [-0.1, -0.05) is 73.2 Å². The summed E-state index contributed by atoms with van der Waals surface area (Å²) < 4.78 is 11.5. The van der Waals surface area contributed by atoms with Gasteiger partial charge in [-0.3, -0.25) is 14.5 Å². The van der Waals surface area contributed by atoms with Crippen LogP contribution in [0.5, 0.6) is 5.75 Å². The first-order valence-electron chi connectivity index (χ1n) is 9.79. The molecule has 2 heterocycles. The van der Waals surface area contributed by atoms with E-state index >= 15 is 0 Å². The summed E-state index contributed by atoms with van der Waals surface area (Å²) in [6.07, 6.45) is 5.01. The molecular formula is C23H19Cl2NO4S2. The lowest BCUT2D eigenvalue weighted by Gasteiger charge is -2.11. The van der Waals surface area contributed by atoms with Crippen LogP contribution in [0.4, 0.5) is 0 Å². The molecule has 2 aliphatic rings. The molecule has 9 heteroatoms. The molecule has 0 unspecified atom stereocenters. The van der Waals surface area contributed by atoms with Crippen LogP contribution in [0.15, 0.2) is 62.6 Å². The summed E-state index contributed by atoms with van der Waals surface area (Å²) in [5, 5.41) is 0. The summed E-state index contributed by atoms with van der Waals surface area (Å²) in [4.78, 5) is 27.3. The molecule has 1 aromatic heterocycles. The molecule has 5 nitrogen and oxygen atoms in total. The minimum Gasteiger partial charge on any atom is -0.467 e. The molecule has 1 aliphatic heterocycles. The Kier molecular flexibility index (Phi) is 6.54. The number of furan rings is 1. The predicted molar refractivity (Wildman–Crippen MR) is 130 cm³/mol. The first kappa shape index (κ1) is 23.1. The van der Waals surface area contributed by atoms with Crippen molar-refractivity contribution in [1.82, 2.24) is 4.90 Å². The maximum atomic E-state index is 12.7. The number of hydrogen-bond donors (Lipinski definition) is 0. The van der Waals surface area contributed by atoms with Gasteiger partial charge in [0, 0.05) is 0 Å². The van der Waals surface area contributed by atoms with Crippen molar-refractivity contribution in [2.75, 3.05) is 0 Å². The SMILES string of the molecule is CC1(C)[C@H](C(=O)Oc2ccc(/C=C3\SC(=S)N(Cc4ccco4)C3=O)cc2)[C@@H]1C=C(Cl)Cl. The lowest BCUT2D eigenvalue weighted by molar-refractivity contribution is -0.136. The fourth-order valence-corrected chi connectivity index (χ4v) is 5.26. The van der Waals surface area contributed by atoms with E-state index in [1.807, 2.05) is 13.8 Å². The van der Waals surface area contributed by atoms with E-state index in [2.05, 4.69) is 0 Å². The Morgan fingerprint density at radius 3 is 2.62 bits per heavy atom. The van der Waals surface area contributed by atoms with Gasteiger partial charge in [-0.05, 0) is 53.3 Å². The van der Waals surface area contributed by atoms with E-state index < -0.39 is 0 Å². The molecule has 1 aromatic carbocycles. The number of allylic oxidation sites excluding steroid dienone is 1. The maximum Gasteiger partial charge on any atom is 0.315 e. The van der Waals surface area contributed by atoms with E-state index in [1.165, 1.54) is 16.7 Å². The smallest absolute Gasteiger partial charge is 0.315 e. The number of nitrogens with zero attached hydrogens (tertiary/aromatic N) is 1. The van der Waals surface area contributed by atoms with Gasteiger partial charge < -0.3 is 9.15 Å². The average Bonchev–Trinajstić information content (AvgIpc) is 3.07. The van der Waals surface area contributed by atoms with Crippen LogP contribution in [0, 0.1) is 17.3 Å². The first-order valence-corrected chi connectivity index (χ1v) is 11.8. The molecule has 0 bridgehead atoms. The van der Waals surface area contributed by atoms with Crippen molar-refractivity contribution in [3.8, 4) is 5.75 Å². The summed E-state index contributed by atoms with van der Waals surface area (Å²) in [6.45, 7) is 4.25. The van der Waals surface area contributed by atoms with Crippen molar-refractivity contribution >= 4 is 69.5 Å². The zero-order chi connectivity index (χ0) is 23.0. The average molecular weight is 508 g/mol. The van der Waals surface area contributed by atoms with Crippen LogP contribution >= 0.6 is 47.2 Å². The number of ether oxygens (including phenoxy) is 1. The van der Waals surface area contributed by atoms with Crippen LogP contribution in [0.25, 0.3) is 6.08 Å². The number of carbonyl (C=O) groups is 2. The van der Waals surface area contributed by atoms with Gasteiger partial charge in [-0.2, -0.15) is 0 Å². The number of halogens is 2. The number of thioether (sulfide) groups is 1. The van der Waals surface area contributed by atoms with Crippen LogP contribution in [-0.2, 0) is 16.1 Å². The minimum atomic E-state index is -0.322. The number of benzene rings is 1. The third-order valence-electron chi connectivity index (χ3n) is 5.63. The number of amides is 1. The molecule has 1 aliphatic carbocycles. The third kappa shape index (κ3) is 4.81. The van der Waals surface area contributed by atoms with E-state index in [0.717, 1.165) is 5.56 Å². The van der Waals surface area contributed by atoms with Crippen LogP contribution in [0.1, 0.15) is 25.2 Å². The van der Waals surface area contributed by atoms with Crippen molar-refractivity contribution in [1.29, 1.82) is 0 Å². The van der Waals surface area contributed by atoms with E-state index in [-0.39, 0.29) is 33.6 Å². The first-order chi connectivity index (χ1) is 15.2. The number of thiocarbonyl (C=S) groups is 1. The standard InChI is InChI=1S/C23H19Cl2NO4S2/c1-23(2)16(11-18(24)25)19(23)21(28)30-14-7-5-13(6-8-14)10-17-20(27)26(22(31)32-17)12-15-4-3-9-29-15/h3-11,16,19H,12H2,1-2H3/b17-10-/t16-,19-/m0/s1. The number of rotatable bonds is 6. The Hall–Kier alpha value is -2.06. The minimum absolute atomic E-state index is 0.0534. The fourth-order valence-electron chi connectivity index (χ4n) is 3.73. The van der Waals surface area contributed by atoms with Gasteiger partial charge in [-0.15, -0.1) is 0 Å². The van der Waals surface area contributed by atoms with Gasteiger partial charge in [0.2, 0.25) is 0 Å². The molecule has 0 radical (unpaired) electrons. The number of esters is 1. The highest BCUT2D eigenvalue weighted by atomic mass is 35.5. The summed E-state index contributed by atoms with van der Waals surface area (Å²) in [5.74, 6) is 0.253. The Labute approximate surface area is 205 Å². The second-order valence-electron chi connectivity index (χ2n) is 8.12. The molecule has 32 heavy (non-hydrogen) atoms. The van der Waals surface area contributed by atoms with E-state index in [1.54, 1.807) is 54.8 Å². The molecule has 0 spiro atoms. The lowest BCUT2D eigenvalue weighted by atomic mass is 10.1. The monoisotopic (exact) mass is 507 g/mol. The molecule has 2 atom stereocenters. The topological polar surface area (TPSA) is 59.8 Å². The molecule has 166 valence electrons. The fraction of sp³-hybridized carbons (Fsp3) is 0.261. The molecule has 1 saturated heterocycles. The predicted octanol–water partition coefficient (Wildman–Crippen LogP) is 6.18. The van der Waals surface area contributed by atoms with Gasteiger partial charge in [0.25, 0.3) is 5.91 Å². The van der Waals surface area contributed by atoms with Crippen LogP contribution in [0.3, 0.4) is 0 Å². The molecule has 4 rings (SSSR count). The Balaban J connectivity index is 1.40. The lowest BCUT2D eigenvalue weighted by Crippen LogP contribution is -2.27. The molecule has 0 N–H and O–H groups in total. The van der Waals surface area contributed by atoms with Gasteiger partial charge >= 0.3 is 5.97 Å². The second kappa shape index (κ2) is 9.06. The quantitative estimate of drug-likeness (QED) is 0.201. The Bertz CT molecular complexity index is 1120. The van der Waals surface area contributed by atoms with Crippen molar-refractivity contribution in [2.45, 2.75) is 20.4 Å². The Morgan fingerprint density at radius 1 is 1.28 bits per heavy atom. The number of carbonyl (C=O) groups excluding carboxylic acids is 2. The highest BCUT2D eigenvalue weighted by molar-refractivity contribution is 8.26. The highest BCUT2D eigenvalue weighted by Gasteiger charge is 2.61. The van der Waals surface area contributed by atoms with Crippen molar-refractivity contribution in [3.63, 3.8) is 0 Å². The highest BCUT2D eigenvalue weighted by Crippen LogP contribution is 2.60. The second-order valence-corrected chi connectivity index (χ2v) is 10.8. The van der Waals surface area contributed by atoms with Gasteiger partial charge in [-0.25, -0.2) is 0 Å². The van der Waals surface area contributed by atoms with Gasteiger partial charge in [0.15, 0.2) is 0 Å². The summed E-state index contributed by atoms with van der Waals surface area (Å²) >= 11 is 18.1. The van der Waals surface area contributed by atoms with E-state index in [0.29, 0.717) is 27.3 Å². The largest absolute Gasteiger partial charge is 0.467 e. The van der Waals surface area contributed by atoms with Crippen molar-refractivity contribution < 1.29 is 18.7 Å². The maximum absolute atomic E-state index is 12.7. The Morgan fingerprint density at radius 2 is 2.00 bits per heavy atom. The summed E-state index contributed by atoms with van der Waals surface area (Å²) in [6, 6.07) is 10.5. The van der Waals surface area contributed by atoms with Crippen molar-refractivity contribution in [2.24, 2.45) is 17.3 Å². The van der Waals surface area contributed by atoms with E-state index in [9.17, 15) is 9.59 Å². The summed E-state index contributed by atoms with van der Waals surface area (Å²) in [5.41, 5.74) is 0.543. The van der Waals surface area contributed by atoms with Crippen LogP contribution in [-0.4, -0.2) is 21.1 Å². The van der Waals surface area contributed by atoms with Crippen LogP contribution < -0.4 is 4.74 Å². The molecular weight excluding hydrogens is 489 g/mol. The molecule has 2 fully saturated rings. The summed E-state index contributed by atoms with van der Waals surface area (Å²) in [7, 11) is 0. The molecule has 1 amide bonds. The zero-order valence-electron chi connectivity index (χ0n) is 17.2. The van der Waals surface area contributed by atoms with Gasteiger partial charge in [0.1, 0.15) is 20.3 Å². The normalized spacial score (nSPS) is 22.9. The molecule has 1 saturated carbocycles.